The predicted molar refractivity (Wildman–Crippen MR) is 162 cm³/mol. The van der Waals surface area contributed by atoms with Gasteiger partial charge >= 0.3 is 0 Å². The van der Waals surface area contributed by atoms with Crippen LogP contribution in [0.2, 0.25) is 0 Å². The Morgan fingerprint density at radius 3 is 1.33 bits per heavy atom. The summed E-state index contributed by atoms with van der Waals surface area (Å²) in [7, 11) is -2.92. The minimum atomic E-state index is -2.18. The zero-order valence-electron chi connectivity index (χ0n) is 20.8. The SMILES string of the molecule is CC(C)N[P+](c1ccccc1)(c1ccccc1)c1ccccc1P(c1ccccc1)c1ccccc1. The summed E-state index contributed by atoms with van der Waals surface area (Å²) in [5.41, 5.74) is 0. The standard InChI is InChI=1S/C33H32NP2/c1-27(2)34-36(30-21-11-5-12-22-30,31-23-13-6-14-24-31)33-26-16-15-25-32(33)35(28-17-7-3-8-18-28)29-19-9-4-10-20-29/h3-27,34H,1-2H3/q+1. The van der Waals surface area contributed by atoms with E-state index in [0.717, 1.165) is 0 Å². The quantitative estimate of drug-likeness (QED) is 0.269. The van der Waals surface area contributed by atoms with Gasteiger partial charge in [0.25, 0.3) is 0 Å². The summed E-state index contributed by atoms with van der Waals surface area (Å²) < 4.78 is 0. The van der Waals surface area contributed by atoms with Gasteiger partial charge in [-0.1, -0.05) is 109 Å². The molecular formula is C33H32NP2+. The third kappa shape index (κ3) is 4.93. The van der Waals surface area contributed by atoms with Crippen molar-refractivity contribution in [3.63, 3.8) is 0 Å². The second-order valence-electron chi connectivity index (χ2n) is 9.12. The molecule has 0 saturated heterocycles. The Bertz CT molecular complexity index is 1290. The lowest BCUT2D eigenvalue weighted by Crippen LogP contribution is -2.48. The van der Waals surface area contributed by atoms with Crippen molar-refractivity contribution in [3.05, 3.63) is 146 Å². The van der Waals surface area contributed by atoms with Crippen molar-refractivity contribution >= 4 is 47.2 Å². The van der Waals surface area contributed by atoms with Crippen molar-refractivity contribution in [1.82, 2.24) is 5.09 Å². The molecule has 0 bridgehead atoms. The molecule has 1 N–H and O–H groups in total. The highest BCUT2D eigenvalue weighted by Crippen LogP contribution is 2.53. The van der Waals surface area contributed by atoms with Gasteiger partial charge in [-0.3, -0.25) is 0 Å². The molecule has 0 spiro atoms. The summed E-state index contributed by atoms with van der Waals surface area (Å²) in [5.74, 6) is 0. The molecule has 5 aromatic rings. The molecule has 36 heavy (non-hydrogen) atoms. The van der Waals surface area contributed by atoms with Gasteiger partial charge in [0.2, 0.25) is 0 Å². The van der Waals surface area contributed by atoms with E-state index >= 15 is 0 Å². The average Bonchev–Trinajstić information content (AvgIpc) is 2.94. The van der Waals surface area contributed by atoms with E-state index in [-0.39, 0.29) is 0 Å². The van der Waals surface area contributed by atoms with Gasteiger partial charge in [-0.2, -0.15) is 5.09 Å². The molecule has 5 aromatic carbocycles. The lowest BCUT2D eigenvalue weighted by Gasteiger charge is -2.32. The Hall–Kier alpha value is -3.08. The topological polar surface area (TPSA) is 12.0 Å². The molecule has 5 rings (SSSR count). The number of rotatable bonds is 8. The number of benzene rings is 5. The number of hydrogen-bond donors (Lipinski definition) is 1. The molecule has 0 amide bonds. The Labute approximate surface area is 217 Å². The van der Waals surface area contributed by atoms with Crippen LogP contribution in [-0.4, -0.2) is 6.04 Å². The first kappa shape index (κ1) is 24.6. The number of hydrogen-bond acceptors (Lipinski definition) is 1. The zero-order valence-corrected chi connectivity index (χ0v) is 22.6. The average molecular weight is 505 g/mol. The Morgan fingerprint density at radius 1 is 0.500 bits per heavy atom. The third-order valence-electron chi connectivity index (χ3n) is 6.25. The van der Waals surface area contributed by atoms with Crippen LogP contribution in [0.3, 0.4) is 0 Å². The molecule has 0 aliphatic carbocycles. The van der Waals surface area contributed by atoms with Crippen molar-refractivity contribution in [2.75, 3.05) is 0 Å². The smallest absolute Gasteiger partial charge is 0.176 e. The summed E-state index contributed by atoms with van der Waals surface area (Å²) in [6, 6.07) is 53.7. The van der Waals surface area contributed by atoms with E-state index < -0.39 is 15.3 Å². The molecule has 0 aliphatic rings. The van der Waals surface area contributed by atoms with Crippen molar-refractivity contribution in [2.45, 2.75) is 19.9 Å². The van der Waals surface area contributed by atoms with Gasteiger partial charge in [0.05, 0.1) is 0 Å². The summed E-state index contributed by atoms with van der Waals surface area (Å²) in [4.78, 5) is 0. The molecule has 178 valence electrons. The molecule has 0 aliphatic heterocycles. The maximum Gasteiger partial charge on any atom is 0.179 e. The highest BCUT2D eigenvalue weighted by atomic mass is 31.2. The molecule has 0 heterocycles. The first-order valence-electron chi connectivity index (χ1n) is 12.5. The first-order chi connectivity index (χ1) is 17.7. The van der Waals surface area contributed by atoms with E-state index in [1.165, 1.54) is 31.8 Å². The van der Waals surface area contributed by atoms with Gasteiger partial charge in [-0.25, -0.2) is 0 Å². The molecule has 0 unspecified atom stereocenters. The summed E-state index contributed by atoms with van der Waals surface area (Å²) >= 11 is 0. The Morgan fingerprint density at radius 2 is 0.889 bits per heavy atom. The summed E-state index contributed by atoms with van der Waals surface area (Å²) in [6.45, 7) is 4.53. The molecule has 0 radical (unpaired) electrons. The van der Waals surface area contributed by atoms with Gasteiger partial charge in [0.15, 0.2) is 7.41 Å². The molecular weight excluding hydrogens is 472 g/mol. The van der Waals surface area contributed by atoms with Gasteiger partial charge in [0.1, 0.15) is 15.9 Å². The Kier molecular flexibility index (Phi) is 7.74. The van der Waals surface area contributed by atoms with E-state index in [1.54, 1.807) is 0 Å². The van der Waals surface area contributed by atoms with Crippen molar-refractivity contribution in [2.24, 2.45) is 0 Å². The lowest BCUT2D eigenvalue weighted by molar-refractivity contribution is 0.761. The van der Waals surface area contributed by atoms with Gasteiger partial charge in [0, 0.05) is 11.3 Å². The van der Waals surface area contributed by atoms with Crippen LogP contribution in [-0.2, 0) is 0 Å². The molecule has 0 fully saturated rings. The lowest BCUT2D eigenvalue weighted by atomic mass is 10.3. The highest BCUT2D eigenvalue weighted by Gasteiger charge is 2.48. The van der Waals surface area contributed by atoms with Crippen molar-refractivity contribution < 1.29 is 0 Å². The largest absolute Gasteiger partial charge is 0.179 e. The van der Waals surface area contributed by atoms with Crippen LogP contribution in [0.25, 0.3) is 0 Å². The van der Waals surface area contributed by atoms with Crippen LogP contribution in [0.15, 0.2) is 146 Å². The van der Waals surface area contributed by atoms with Crippen LogP contribution < -0.4 is 36.9 Å². The molecule has 0 aromatic heterocycles. The maximum absolute atomic E-state index is 4.16. The van der Waals surface area contributed by atoms with E-state index in [1.807, 2.05) is 0 Å². The highest BCUT2D eigenvalue weighted by molar-refractivity contribution is 7.96. The van der Waals surface area contributed by atoms with Crippen molar-refractivity contribution in [3.8, 4) is 0 Å². The van der Waals surface area contributed by atoms with Crippen LogP contribution in [0.5, 0.6) is 0 Å². The normalized spacial score (nSPS) is 11.7. The van der Waals surface area contributed by atoms with Gasteiger partial charge in [-0.15, -0.1) is 0 Å². The minimum Gasteiger partial charge on any atom is -0.176 e. The summed E-state index contributed by atoms with van der Waals surface area (Å²) in [6.07, 6.45) is 0. The fraction of sp³-hybridized carbons (Fsp3) is 0.0909. The first-order valence-corrected chi connectivity index (χ1v) is 15.6. The monoisotopic (exact) mass is 504 g/mol. The molecule has 0 saturated carbocycles. The zero-order chi connectivity index (χ0) is 24.8. The van der Waals surface area contributed by atoms with Crippen LogP contribution in [0.1, 0.15) is 13.8 Å². The predicted octanol–water partition coefficient (Wildman–Crippen LogP) is 5.65. The number of nitrogens with one attached hydrogen (secondary N) is 1. The molecule has 1 nitrogen and oxygen atoms in total. The molecule has 3 heteroatoms. The fourth-order valence-corrected chi connectivity index (χ4v) is 12.0. The third-order valence-corrected chi connectivity index (χ3v) is 13.1. The fourth-order valence-electron chi connectivity index (χ4n) is 4.85. The van der Waals surface area contributed by atoms with E-state index in [9.17, 15) is 0 Å². The second kappa shape index (κ2) is 11.3. The van der Waals surface area contributed by atoms with Crippen molar-refractivity contribution in [1.29, 1.82) is 0 Å². The van der Waals surface area contributed by atoms with E-state index in [2.05, 4.69) is 165 Å². The van der Waals surface area contributed by atoms with E-state index in [4.69, 9.17) is 0 Å². The minimum absolute atomic E-state index is 0.312. The second-order valence-corrected chi connectivity index (χ2v) is 14.4. The van der Waals surface area contributed by atoms with Crippen LogP contribution in [0, 0.1) is 0 Å². The van der Waals surface area contributed by atoms with Crippen LogP contribution >= 0.6 is 15.3 Å². The van der Waals surface area contributed by atoms with Gasteiger partial charge in [-0.05, 0) is 68.8 Å². The summed E-state index contributed by atoms with van der Waals surface area (Å²) in [5, 5.41) is 12.4. The van der Waals surface area contributed by atoms with Crippen LogP contribution in [0.4, 0.5) is 0 Å². The van der Waals surface area contributed by atoms with E-state index in [0.29, 0.717) is 6.04 Å². The molecule has 0 atom stereocenters. The maximum atomic E-state index is 4.16. The Balaban J connectivity index is 1.85. The van der Waals surface area contributed by atoms with Gasteiger partial charge < -0.3 is 0 Å².